The van der Waals surface area contributed by atoms with Crippen molar-refractivity contribution >= 4 is 29.1 Å². The molecule has 2 unspecified atom stereocenters. The van der Waals surface area contributed by atoms with Crippen molar-refractivity contribution in [3.8, 4) is 0 Å². The molecule has 0 spiro atoms. The number of carbonyl (C=O) groups is 1. The zero-order valence-electron chi connectivity index (χ0n) is 12.0. The van der Waals surface area contributed by atoms with Gasteiger partial charge < -0.3 is 10.4 Å². The van der Waals surface area contributed by atoms with Gasteiger partial charge in [0.1, 0.15) is 0 Å². The third-order valence-electron chi connectivity index (χ3n) is 3.67. The maximum absolute atomic E-state index is 11.1. The van der Waals surface area contributed by atoms with Gasteiger partial charge in [0.05, 0.1) is 6.10 Å². The summed E-state index contributed by atoms with van der Waals surface area (Å²) in [6.45, 7) is 3.69. The first-order valence-electron chi connectivity index (χ1n) is 7.08. The fourth-order valence-corrected chi connectivity index (χ4v) is 3.28. The van der Waals surface area contributed by atoms with Gasteiger partial charge in [-0.15, -0.1) is 0 Å². The summed E-state index contributed by atoms with van der Waals surface area (Å²) in [7, 11) is 0. The number of piperidine rings is 1. The van der Waals surface area contributed by atoms with Crippen LogP contribution in [0.4, 0.5) is 0 Å². The largest absolute Gasteiger partial charge is 0.387 e. The minimum Gasteiger partial charge on any atom is -0.387 e. The molecule has 2 N–H and O–H groups in total. The fourth-order valence-electron chi connectivity index (χ4n) is 2.74. The van der Waals surface area contributed by atoms with Gasteiger partial charge in [-0.3, -0.25) is 9.69 Å². The van der Waals surface area contributed by atoms with E-state index in [1.807, 2.05) is 0 Å². The average molecular weight is 331 g/mol. The molecule has 0 saturated carbocycles. The predicted octanol–water partition coefficient (Wildman–Crippen LogP) is 2.63. The average Bonchev–Trinajstić information content (AvgIpc) is 2.37. The van der Waals surface area contributed by atoms with Crippen molar-refractivity contribution in [2.24, 2.45) is 0 Å². The van der Waals surface area contributed by atoms with Gasteiger partial charge in [-0.25, -0.2) is 0 Å². The Kier molecular flexibility index (Phi) is 5.88. The van der Waals surface area contributed by atoms with Crippen molar-refractivity contribution in [2.75, 3.05) is 19.6 Å². The minimum atomic E-state index is -0.661. The highest BCUT2D eigenvalue weighted by Crippen LogP contribution is 2.27. The summed E-state index contributed by atoms with van der Waals surface area (Å²) in [4.78, 5) is 13.3. The molecule has 1 saturated heterocycles. The molecule has 0 bridgehead atoms. The normalized spacial score (nSPS) is 21.0. The maximum atomic E-state index is 11.1. The summed E-state index contributed by atoms with van der Waals surface area (Å²) in [5.41, 5.74) is 0.683. The van der Waals surface area contributed by atoms with Crippen molar-refractivity contribution in [1.29, 1.82) is 0 Å². The Balaban J connectivity index is 1.95. The Hall–Kier alpha value is -0.810. The third-order valence-corrected chi connectivity index (χ3v) is 4.23. The number of hydrogen-bond donors (Lipinski definition) is 2. The molecule has 1 amide bonds. The summed E-state index contributed by atoms with van der Waals surface area (Å²) in [5.74, 6) is -0.0110. The van der Waals surface area contributed by atoms with Crippen LogP contribution in [0.1, 0.15) is 31.4 Å². The van der Waals surface area contributed by atoms with Crippen LogP contribution in [0.3, 0.4) is 0 Å². The van der Waals surface area contributed by atoms with Crippen molar-refractivity contribution in [2.45, 2.75) is 31.9 Å². The Labute approximate surface area is 135 Å². The molecule has 0 aliphatic carbocycles. The number of benzene rings is 1. The van der Waals surface area contributed by atoms with Gasteiger partial charge in [0.15, 0.2) is 0 Å². The number of aliphatic hydroxyl groups excluding tert-OH is 1. The number of likely N-dealkylation sites (tertiary alicyclic amines) is 1. The van der Waals surface area contributed by atoms with E-state index in [1.165, 1.54) is 6.92 Å². The second kappa shape index (κ2) is 7.45. The SMILES string of the molecule is CC(=O)NC1CCCN(CC(O)c2ccc(Cl)cc2Cl)C1. The summed E-state index contributed by atoms with van der Waals surface area (Å²) in [5, 5.41) is 14.3. The van der Waals surface area contributed by atoms with E-state index in [9.17, 15) is 9.90 Å². The number of hydrogen-bond acceptors (Lipinski definition) is 3. The van der Waals surface area contributed by atoms with E-state index < -0.39 is 6.10 Å². The molecule has 1 fully saturated rings. The number of halogens is 2. The molecule has 0 aromatic heterocycles. The van der Waals surface area contributed by atoms with Gasteiger partial charge in [-0.2, -0.15) is 0 Å². The number of aliphatic hydroxyl groups is 1. The molecule has 1 aromatic rings. The molecule has 2 atom stereocenters. The van der Waals surface area contributed by atoms with Crippen molar-refractivity contribution in [3.05, 3.63) is 33.8 Å². The van der Waals surface area contributed by atoms with E-state index in [0.29, 0.717) is 22.2 Å². The van der Waals surface area contributed by atoms with E-state index in [2.05, 4.69) is 10.2 Å². The van der Waals surface area contributed by atoms with Gasteiger partial charge in [-0.1, -0.05) is 29.3 Å². The molecule has 1 aromatic carbocycles. The fraction of sp³-hybridized carbons (Fsp3) is 0.533. The van der Waals surface area contributed by atoms with Crippen LogP contribution in [0.2, 0.25) is 10.0 Å². The highest BCUT2D eigenvalue weighted by Gasteiger charge is 2.23. The lowest BCUT2D eigenvalue weighted by Gasteiger charge is -2.34. The van der Waals surface area contributed by atoms with E-state index in [0.717, 1.165) is 25.9 Å². The number of β-amino-alcohol motifs (C(OH)–C–C–N with tert-alkyl or cyclic N) is 1. The quantitative estimate of drug-likeness (QED) is 0.892. The first-order chi connectivity index (χ1) is 9.95. The number of amides is 1. The van der Waals surface area contributed by atoms with Gasteiger partial charge in [0, 0.05) is 41.7 Å². The van der Waals surface area contributed by atoms with E-state index in [4.69, 9.17) is 23.2 Å². The summed E-state index contributed by atoms with van der Waals surface area (Å²) in [6, 6.07) is 5.27. The van der Waals surface area contributed by atoms with Crippen LogP contribution in [0, 0.1) is 0 Å². The molecule has 2 rings (SSSR count). The van der Waals surface area contributed by atoms with Crippen molar-refractivity contribution in [1.82, 2.24) is 10.2 Å². The number of rotatable bonds is 4. The zero-order chi connectivity index (χ0) is 15.4. The maximum Gasteiger partial charge on any atom is 0.217 e. The molecule has 4 nitrogen and oxygen atoms in total. The van der Waals surface area contributed by atoms with E-state index >= 15 is 0 Å². The van der Waals surface area contributed by atoms with Crippen LogP contribution in [0.15, 0.2) is 18.2 Å². The second-order valence-electron chi connectivity index (χ2n) is 5.48. The molecule has 21 heavy (non-hydrogen) atoms. The molecular weight excluding hydrogens is 311 g/mol. The van der Waals surface area contributed by atoms with Gasteiger partial charge in [-0.05, 0) is 31.5 Å². The van der Waals surface area contributed by atoms with Crippen LogP contribution in [0.25, 0.3) is 0 Å². The first-order valence-corrected chi connectivity index (χ1v) is 7.84. The van der Waals surface area contributed by atoms with Crippen molar-refractivity contribution < 1.29 is 9.90 Å². The summed E-state index contributed by atoms with van der Waals surface area (Å²) >= 11 is 12.0. The molecule has 1 aliphatic heterocycles. The van der Waals surface area contributed by atoms with Crippen LogP contribution >= 0.6 is 23.2 Å². The summed E-state index contributed by atoms with van der Waals surface area (Å²) < 4.78 is 0. The molecule has 116 valence electrons. The van der Waals surface area contributed by atoms with Gasteiger partial charge in [0.25, 0.3) is 0 Å². The Morgan fingerprint density at radius 1 is 1.52 bits per heavy atom. The zero-order valence-corrected chi connectivity index (χ0v) is 13.5. The Morgan fingerprint density at radius 2 is 2.29 bits per heavy atom. The molecule has 0 radical (unpaired) electrons. The van der Waals surface area contributed by atoms with Crippen LogP contribution < -0.4 is 5.32 Å². The second-order valence-corrected chi connectivity index (χ2v) is 6.32. The number of nitrogens with zero attached hydrogens (tertiary/aromatic N) is 1. The third kappa shape index (κ3) is 4.85. The van der Waals surface area contributed by atoms with E-state index in [1.54, 1.807) is 18.2 Å². The number of nitrogens with one attached hydrogen (secondary N) is 1. The van der Waals surface area contributed by atoms with Crippen LogP contribution in [-0.2, 0) is 4.79 Å². The lowest BCUT2D eigenvalue weighted by molar-refractivity contribution is -0.120. The molecule has 1 heterocycles. The Bertz CT molecular complexity index is 510. The first kappa shape index (κ1) is 16.6. The highest BCUT2D eigenvalue weighted by atomic mass is 35.5. The van der Waals surface area contributed by atoms with Gasteiger partial charge >= 0.3 is 0 Å². The van der Waals surface area contributed by atoms with Crippen LogP contribution in [0.5, 0.6) is 0 Å². The Morgan fingerprint density at radius 3 is 2.95 bits per heavy atom. The molecule has 6 heteroatoms. The predicted molar refractivity (Wildman–Crippen MR) is 84.7 cm³/mol. The lowest BCUT2D eigenvalue weighted by Crippen LogP contribution is -2.48. The summed E-state index contributed by atoms with van der Waals surface area (Å²) in [6.07, 6.45) is 1.32. The molecular formula is C15H20Cl2N2O2. The minimum absolute atomic E-state index is 0.0110. The molecule has 1 aliphatic rings. The monoisotopic (exact) mass is 330 g/mol. The topological polar surface area (TPSA) is 52.6 Å². The highest BCUT2D eigenvalue weighted by molar-refractivity contribution is 6.35. The standard InChI is InChI=1S/C15H20Cl2N2O2/c1-10(20)18-12-3-2-6-19(8-12)9-15(21)13-5-4-11(16)7-14(13)17/h4-5,7,12,15,21H,2-3,6,8-9H2,1H3,(H,18,20). The van der Waals surface area contributed by atoms with Crippen LogP contribution in [-0.4, -0.2) is 41.6 Å². The smallest absolute Gasteiger partial charge is 0.217 e. The van der Waals surface area contributed by atoms with Crippen molar-refractivity contribution in [3.63, 3.8) is 0 Å². The lowest BCUT2D eigenvalue weighted by atomic mass is 10.0. The van der Waals surface area contributed by atoms with E-state index in [-0.39, 0.29) is 11.9 Å². The number of carbonyl (C=O) groups excluding carboxylic acids is 1. The van der Waals surface area contributed by atoms with Gasteiger partial charge in [0.2, 0.25) is 5.91 Å².